The van der Waals surface area contributed by atoms with Gasteiger partial charge in [0.1, 0.15) is 5.82 Å². The summed E-state index contributed by atoms with van der Waals surface area (Å²) in [4.78, 5) is 14.0. The van der Waals surface area contributed by atoms with Crippen LogP contribution in [0.1, 0.15) is 23.8 Å². The number of hydrogen-bond donors (Lipinski definition) is 1. The molecule has 1 unspecified atom stereocenters. The zero-order valence-corrected chi connectivity index (χ0v) is 10.7. The quantitative estimate of drug-likeness (QED) is 0.858. The molecular formula is C12H18N4O2. The molecule has 1 amide bonds. The lowest BCUT2D eigenvalue weighted by Gasteiger charge is -2.32. The summed E-state index contributed by atoms with van der Waals surface area (Å²) in [5.41, 5.74) is 0.380. The van der Waals surface area contributed by atoms with Crippen LogP contribution < -0.4 is 5.32 Å². The molecule has 98 valence electrons. The molecule has 0 spiro atoms. The molecule has 0 saturated carbocycles. The Morgan fingerprint density at radius 1 is 1.56 bits per heavy atom. The Morgan fingerprint density at radius 3 is 3.00 bits per heavy atom. The predicted molar refractivity (Wildman–Crippen MR) is 67.5 cm³/mol. The molecule has 0 bridgehead atoms. The molecule has 18 heavy (non-hydrogen) atoms. The molecule has 1 aliphatic heterocycles. The Morgan fingerprint density at radius 2 is 2.39 bits per heavy atom. The van der Waals surface area contributed by atoms with E-state index in [-0.39, 0.29) is 12.0 Å². The van der Waals surface area contributed by atoms with E-state index < -0.39 is 0 Å². The highest BCUT2D eigenvalue weighted by molar-refractivity contribution is 5.92. The van der Waals surface area contributed by atoms with Gasteiger partial charge in [-0.15, -0.1) is 10.2 Å². The highest BCUT2D eigenvalue weighted by atomic mass is 16.5. The van der Waals surface area contributed by atoms with Crippen molar-refractivity contribution >= 4 is 11.7 Å². The van der Waals surface area contributed by atoms with Crippen molar-refractivity contribution < 1.29 is 9.53 Å². The minimum absolute atomic E-state index is 0.0769. The summed E-state index contributed by atoms with van der Waals surface area (Å²) in [6, 6.07) is 3.44. The van der Waals surface area contributed by atoms with Crippen LogP contribution in [0.3, 0.4) is 0 Å². The Kier molecular flexibility index (Phi) is 4.09. The van der Waals surface area contributed by atoms with Crippen molar-refractivity contribution in [1.29, 1.82) is 0 Å². The van der Waals surface area contributed by atoms with E-state index in [4.69, 9.17) is 4.74 Å². The van der Waals surface area contributed by atoms with Gasteiger partial charge in [0.15, 0.2) is 5.69 Å². The van der Waals surface area contributed by atoms with Gasteiger partial charge in [0.25, 0.3) is 5.91 Å². The second kappa shape index (κ2) is 5.77. The van der Waals surface area contributed by atoms with Crippen LogP contribution in [0, 0.1) is 0 Å². The zero-order valence-electron chi connectivity index (χ0n) is 10.7. The maximum Gasteiger partial charge on any atom is 0.274 e. The number of carbonyl (C=O) groups is 1. The fourth-order valence-electron chi connectivity index (χ4n) is 1.89. The number of amides is 1. The maximum atomic E-state index is 12.2. The van der Waals surface area contributed by atoms with Crippen LogP contribution in [0.25, 0.3) is 0 Å². The summed E-state index contributed by atoms with van der Waals surface area (Å²) in [5.74, 6) is 0.576. The van der Waals surface area contributed by atoms with Crippen LogP contribution in [0.5, 0.6) is 0 Å². The Hall–Kier alpha value is -1.69. The van der Waals surface area contributed by atoms with Gasteiger partial charge in [-0.1, -0.05) is 6.92 Å². The van der Waals surface area contributed by atoms with Gasteiger partial charge in [-0.3, -0.25) is 4.79 Å². The highest BCUT2D eigenvalue weighted by Crippen LogP contribution is 2.11. The number of anilines is 1. The lowest BCUT2D eigenvalue weighted by molar-refractivity contribution is -0.0228. The lowest BCUT2D eigenvalue weighted by Crippen LogP contribution is -2.45. The molecule has 1 fully saturated rings. The molecular weight excluding hydrogens is 232 g/mol. The van der Waals surface area contributed by atoms with Crippen LogP contribution in [0.2, 0.25) is 0 Å². The minimum atomic E-state index is -0.0769. The van der Waals surface area contributed by atoms with Crippen LogP contribution in [-0.2, 0) is 4.74 Å². The van der Waals surface area contributed by atoms with E-state index in [0.29, 0.717) is 31.2 Å². The molecule has 1 aromatic rings. The number of nitrogens with one attached hydrogen (secondary N) is 1. The first-order valence-electron chi connectivity index (χ1n) is 6.17. The van der Waals surface area contributed by atoms with Gasteiger partial charge in [0.2, 0.25) is 0 Å². The first-order chi connectivity index (χ1) is 8.74. The largest absolute Gasteiger partial charge is 0.375 e. The number of rotatable bonds is 3. The van der Waals surface area contributed by atoms with E-state index in [0.717, 1.165) is 6.42 Å². The SMILES string of the molecule is CCC1CN(C(=O)c2ccc(NC)nn2)CCO1. The van der Waals surface area contributed by atoms with E-state index >= 15 is 0 Å². The van der Waals surface area contributed by atoms with Crippen molar-refractivity contribution in [3.05, 3.63) is 17.8 Å². The van der Waals surface area contributed by atoms with Crippen molar-refractivity contribution in [2.24, 2.45) is 0 Å². The van der Waals surface area contributed by atoms with Gasteiger partial charge in [0, 0.05) is 20.1 Å². The molecule has 1 saturated heterocycles. The van der Waals surface area contributed by atoms with Crippen molar-refractivity contribution in [2.45, 2.75) is 19.4 Å². The van der Waals surface area contributed by atoms with Crippen molar-refractivity contribution in [2.75, 3.05) is 32.1 Å². The summed E-state index contributed by atoms with van der Waals surface area (Å²) < 4.78 is 5.54. The number of ether oxygens (including phenoxy) is 1. The number of carbonyl (C=O) groups excluding carboxylic acids is 1. The maximum absolute atomic E-state index is 12.2. The van der Waals surface area contributed by atoms with Crippen molar-refractivity contribution in [3.63, 3.8) is 0 Å². The number of hydrogen-bond acceptors (Lipinski definition) is 5. The van der Waals surface area contributed by atoms with E-state index in [1.165, 1.54) is 0 Å². The highest BCUT2D eigenvalue weighted by Gasteiger charge is 2.24. The smallest absolute Gasteiger partial charge is 0.274 e. The topological polar surface area (TPSA) is 67.4 Å². The molecule has 6 heteroatoms. The summed E-state index contributed by atoms with van der Waals surface area (Å²) >= 11 is 0. The Labute approximate surface area is 106 Å². The zero-order chi connectivity index (χ0) is 13.0. The molecule has 0 aliphatic carbocycles. The number of morpholine rings is 1. The standard InChI is InChI=1S/C12H18N4O2/c1-3-9-8-16(6-7-18-9)12(17)10-4-5-11(13-2)15-14-10/h4-5,9H,3,6-8H2,1-2H3,(H,13,15). The van der Waals surface area contributed by atoms with Crippen molar-refractivity contribution in [1.82, 2.24) is 15.1 Å². The first kappa shape index (κ1) is 12.8. The summed E-state index contributed by atoms with van der Waals surface area (Å²) in [7, 11) is 1.76. The van der Waals surface area contributed by atoms with Gasteiger partial charge in [-0.2, -0.15) is 0 Å². The second-order valence-corrected chi connectivity index (χ2v) is 4.21. The lowest BCUT2D eigenvalue weighted by atomic mass is 10.2. The molecule has 1 aliphatic rings. The fourth-order valence-corrected chi connectivity index (χ4v) is 1.89. The molecule has 2 heterocycles. The molecule has 1 aromatic heterocycles. The second-order valence-electron chi connectivity index (χ2n) is 4.21. The third-order valence-corrected chi connectivity index (χ3v) is 3.02. The third-order valence-electron chi connectivity index (χ3n) is 3.02. The minimum Gasteiger partial charge on any atom is -0.375 e. The van der Waals surface area contributed by atoms with Gasteiger partial charge in [0.05, 0.1) is 12.7 Å². The average molecular weight is 250 g/mol. The van der Waals surface area contributed by atoms with E-state index in [1.54, 1.807) is 24.1 Å². The third kappa shape index (κ3) is 2.76. The molecule has 0 radical (unpaired) electrons. The van der Waals surface area contributed by atoms with Crippen LogP contribution >= 0.6 is 0 Å². The van der Waals surface area contributed by atoms with Crippen LogP contribution in [0.4, 0.5) is 5.82 Å². The number of nitrogens with zero attached hydrogens (tertiary/aromatic N) is 3. The number of aromatic nitrogens is 2. The first-order valence-corrected chi connectivity index (χ1v) is 6.17. The molecule has 6 nitrogen and oxygen atoms in total. The monoisotopic (exact) mass is 250 g/mol. The van der Waals surface area contributed by atoms with Gasteiger partial charge in [-0.25, -0.2) is 0 Å². The summed E-state index contributed by atoms with van der Waals surface area (Å²) in [6.45, 7) is 3.89. The Bertz CT molecular complexity index is 407. The molecule has 2 rings (SSSR count). The van der Waals surface area contributed by atoms with Crippen molar-refractivity contribution in [3.8, 4) is 0 Å². The van der Waals surface area contributed by atoms with Gasteiger partial charge >= 0.3 is 0 Å². The van der Waals surface area contributed by atoms with Crippen LogP contribution in [0.15, 0.2) is 12.1 Å². The summed E-state index contributed by atoms with van der Waals surface area (Å²) in [6.07, 6.45) is 1.04. The molecule has 1 N–H and O–H groups in total. The Balaban J connectivity index is 2.05. The predicted octanol–water partition coefficient (Wildman–Crippen LogP) is 0.769. The molecule has 1 atom stereocenters. The van der Waals surface area contributed by atoms with Gasteiger partial charge < -0.3 is 15.0 Å². The average Bonchev–Trinajstić information content (AvgIpc) is 2.46. The normalized spacial score (nSPS) is 19.7. The van der Waals surface area contributed by atoms with E-state index in [2.05, 4.69) is 22.4 Å². The van der Waals surface area contributed by atoms with E-state index in [9.17, 15) is 4.79 Å². The fraction of sp³-hybridized carbons (Fsp3) is 0.583. The van der Waals surface area contributed by atoms with Crippen LogP contribution in [-0.4, -0.2) is 53.9 Å². The molecule has 0 aromatic carbocycles. The van der Waals surface area contributed by atoms with E-state index in [1.807, 2.05) is 0 Å². The van der Waals surface area contributed by atoms with Gasteiger partial charge in [-0.05, 0) is 18.6 Å². The summed E-state index contributed by atoms with van der Waals surface area (Å²) in [5, 5.41) is 10.7.